The summed E-state index contributed by atoms with van der Waals surface area (Å²) in [5, 5.41) is 0.206. The van der Waals surface area contributed by atoms with E-state index in [1.807, 2.05) is 0 Å². The highest BCUT2D eigenvalue weighted by molar-refractivity contribution is 7.90. The number of halogens is 1. The largest absolute Gasteiger partial charge is 0.399 e. The number of nitrogen functional groups attached to an aromatic ring is 1. The van der Waals surface area contributed by atoms with Crippen LogP contribution in [0.3, 0.4) is 0 Å². The SMILES string of the molecule is Nc1ccc2nc(S(=O)(=O)Cc3ccncc3Cl)[nH]c2c1. The molecule has 0 aliphatic carbocycles. The van der Waals surface area contributed by atoms with Gasteiger partial charge in [-0.1, -0.05) is 11.6 Å². The lowest BCUT2D eigenvalue weighted by atomic mass is 10.3. The summed E-state index contributed by atoms with van der Waals surface area (Å²) in [6.45, 7) is 0. The van der Waals surface area contributed by atoms with E-state index < -0.39 is 9.84 Å². The van der Waals surface area contributed by atoms with E-state index in [-0.39, 0.29) is 10.9 Å². The molecule has 0 unspecified atom stereocenters. The van der Waals surface area contributed by atoms with Crippen LogP contribution in [-0.4, -0.2) is 23.4 Å². The molecule has 3 rings (SSSR count). The first-order valence-corrected chi connectivity index (χ1v) is 8.05. The van der Waals surface area contributed by atoms with E-state index in [9.17, 15) is 8.42 Å². The Morgan fingerprint density at radius 2 is 2.10 bits per heavy atom. The number of aromatic nitrogens is 3. The molecule has 0 aliphatic rings. The van der Waals surface area contributed by atoms with Gasteiger partial charge >= 0.3 is 0 Å². The fourth-order valence-electron chi connectivity index (χ4n) is 1.95. The maximum Gasteiger partial charge on any atom is 0.226 e. The fraction of sp³-hybridized carbons (Fsp3) is 0.0769. The van der Waals surface area contributed by atoms with E-state index in [1.165, 1.54) is 12.4 Å². The number of nitrogens with one attached hydrogen (secondary N) is 1. The minimum atomic E-state index is -3.63. The quantitative estimate of drug-likeness (QED) is 0.719. The van der Waals surface area contributed by atoms with Gasteiger partial charge in [0.15, 0.2) is 0 Å². The van der Waals surface area contributed by atoms with Crippen molar-refractivity contribution in [1.82, 2.24) is 15.0 Å². The van der Waals surface area contributed by atoms with Gasteiger partial charge < -0.3 is 10.7 Å². The Morgan fingerprint density at radius 1 is 1.29 bits per heavy atom. The van der Waals surface area contributed by atoms with Crippen molar-refractivity contribution in [2.75, 3.05) is 5.73 Å². The van der Waals surface area contributed by atoms with E-state index in [1.54, 1.807) is 24.3 Å². The van der Waals surface area contributed by atoms with Crippen LogP contribution in [0, 0.1) is 0 Å². The third-order valence-corrected chi connectivity index (χ3v) is 4.79. The van der Waals surface area contributed by atoms with Crippen LogP contribution < -0.4 is 5.73 Å². The molecule has 0 radical (unpaired) electrons. The zero-order valence-electron chi connectivity index (χ0n) is 10.7. The summed E-state index contributed by atoms with van der Waals surface area (Å²) < 4.78 is 24.8. The van der Waals surface area contributed by atoms with Gasteiger partial charge in [0.25, 0.3) is 0 Å². The van der Waals surface area contributed by atoms with Gasteiger partial charge in [-0.05, 0) is 29.8 Å². The summed E-state index contributed by atoms with van der Waals surface area (Å²) in [7, 11) is -3.63. The summed E-state index contributed by atoms with van der Waals surface area (Å²) in [5.74, 6) is -0.246. The molecule has 3 N–H and O–H groups in total. The first-order valence-electron chi connectivity index (χ1n) is 6.02. The zero-order valence-corrected chi connectivity index (χ0v) is 12.3. The number of H-pyrrole nitrogens is 1. The molecule has 6 nitrogen and oxygen atoms in total. The van der Waals surface area contributed by atoms with Gasteiger partial charge in [-0.3, -0.25) is 4.98 Å². The molecule has 0 spiro atoms. The van der Waals surface area contributed by atoms with E-state index in [0.29, 0.717) is 27.3 Å². The normalized spacial score (nSPS) is 11.9. The molecule has 2 aromatic heterocycles. The molecule has 1 aromatic carbocycles. The fourth-order valence-corrected chi connectivity index (χ4v) is 3.51. The number of aromatic amines is 1. The number of fused-ring (bicyclic) bond motifs is 1. The van der Waals surface area contributed by atoms with Crippen molar-refractivity contribution in [3.63, 3.8) is 0 Å². The Bertz CT molecular complexity index is 921. The number of sulfone groups is 1. The Labute approximate surface area is 125 Å². The van der Waals surface area contributed by atoms with Crippen LogP contribution in [0.4, 0.5) is 5.69 Å². The first-order chi connectivity index (χ1) is 9.95. The second-order valence-electron chi connectivity index (χ2n) is 4.54. The highest BCUT2D eigenvalue weighted by Gasteiger charge is 2.21. The molecular formula is C13H11ClN4O2S. The molecule has 0 saturated heterocycles. The number of pyridine rings is 1. The molecule has 0 amide bonds. The minimum absolute atomic E-state index is 0.101. The third kappa shape index (κ3) is 2.70. The number of nitrogens with two attached hydrogens (primary N) is 1. The van der Waals surface area contributed by atoms with Crippen molar-refractivity contribution in [2.24, 2.45) is 0 Å². The Balaban J connectivity index is 2.02. The van der Waals surface area contributed by atoms with Crippen LogP contribution in [0.1, 0.15) is 5.56 Å². The first kappa shape index (κ1) is 13.8. The maximum absolute atomic E-state index is 12.4. The monoisotopic (exact) mass is 322 g/mol. The van der Waals surface area contributed by atoms with Crippen LogP contribution >= 0.6 is 11.6 Å². The Kier molecular flexibility index (Phi) is 3.30. The molecule has 0 atom stereocenters. The van der Waals surface area contributed by atoms with Gasteiger partial charge in [0, 0.05) is 18.1 Å². The van der Waals surface area contributed by atoms with Gasteiger partial charge in [0.05, 0.1) is 21.8 Å². The van der Waals surface area contributed by atoms with Gasteiger partial charge in [-0.25, -0.2) is 13.4 Å². The van der Waals surface area contributed by atoms with E-state index in [2.05, 4.69) is 15.0 Å². The lowest BCUT2D eigenvalue weighted by molar-refractivity contribution is 0.588. The number of imidazole rings is 1. The minimum Gasteiger partial charge on any atom is -0.399 e. The average Bonchev–Trinajstić information content (AvgIpc) is 2.85. The molecular weight excluding hydrogens is 312 g/mol. The van der Waals surface area contributed by atoms with Gasteiger partial charge in [0.1, 0.15) is 0 Å². The molecule has 0 bridgehead atoms. The molecule has 0 aliphatic heterocycles. The molecule has 0 fully saturated rings. The van der Waals surface area contributed by atoms with Gasteiger partial charge in [-0.15, -0.1) is 0 Å². The third-order valence-electron chi connectivity index (χ3n) is 2.98. The van der Waals surface area contributed by atoms with Crippen LogP contribution in [0.2, 0.25) is 5.02 Å². The highest BCUT2D eigenvalue weighted by Crippen LogP contribution is 2.22. The second-order valence-corrected chi connectivity index (χ2v) is 6.86. The Morgan fingerprint density at radius 3 is 2.86 bits per heavy atom. The number of benzene rings is 1. The van der Waals surface area contributed by atoms with Gasteiger partial charge in [0.2, 0.25) is 15.0 Å². The second kappa shape index (κ2) is 5.01. The predicted molar refractivity (Wildman–Crippen MR) is 80.6 cm³/mol. The number of anilines is 1. The Hall–Kier alpha value is -2.12. The number of hydrogen-bond acceptors (Lipinski definition) is 5. The van der Waals surface area contributed by atoms with Crippen molar-refractivity contribution in [2.45, 2.75) is 10.9 Å². The lowest BCUT2D eigenvalue weighted by Gasteiger charge is -2.03. The van der Waals surface area contributed by atoms with Crippen molar-refractivity contribution >= 4 is 38.2 Å². The summed E-state index contributed by atoms with van der Waals surface area (Å²) >= 11 is 5.94. The van der Waals surface area contributed by atoms with E-state index in [4.69, 9.17) is 17.3 Å². The van der Waals surface area contributed by atoms with Crippen molar-refractivity contribution in [3.05, 3.63) is 47.2 Å². The molecule has 2 heterocycles. The van der Waals surface area contributed by atoms with Crippen molar-refractivity contribution in [3.8, 4) is 0 Å². The number of hydrogen-bond donors (Lipinski definition) is 2. The summed E-state index contributed by atoms with van der Waals surface area (Å²) in [4.78, 5) is 10.7. The van der Waals surface area contributed by atoms with Crippen LogP contribution in [0.25, 0.3) is 11.0 Å². The summed E-state index contributed by atoms with van der Waals surface area (Å²) in [6, 6.07) is 6.54. The van der Waals surface area contributed by atoms with Crippen molar-refractivity contribution < 1.29 is 8.42 Å². The molecule has 3 aromatic rings. The van der Waals surface area contributed by atoms with Crippen LogP contribution in [0.15, 0.2) is 41.8 Å². The molecule has 108 valence electrons. The van der Waals surface area contributed by atoms with Crippen molar-refractivity contribution in [1.29, 1.82) is 0 Å². The predicted octanol–water partition coefficient (Wildman–Crippen LogP) is 2.17. The molecule has 21 heavy (non-hydrogen) atoms. The average molecular weight is 323 g/mol. The number of nitrogens with zero attached hydrogens (tertiary/aromatic N) is 2. The van der Waals surface area contributed by atoms with Crippen LogP contribution in [-0.2, 0) is 15.6 Å². The number of rotatable bonds is 3. The standard InChI is InChI=1S/C13H11ClN4O2S/c14-10-6-16-4-3-8(10)7-21(19,20)13-17-11-2-1-9(15)5-12(11)18-13/h1-6H,7,15H2,(H,17,18). The van der Waals surface area contributed by atoms with Crippen LogP contribution in [0.5, 0.6) is 0 Å². The summed E-state index contributed by atoms with van der Waals surface area (Å²) in [6.07, 6.45) is 2.90. The topological polar surface area (TPSA) is 102 Å². The maximum atomic E-state index is 12.4. The molecule has 0 saturated carbocycles. The summed E-state index contributed by atoms with van der Waals surface area (Å²) in [5.41, 5.74) is 7.80. The smallest absolute Gasteiger partial charge is 0.226 e. The molecule has 8 heteroatoms. The van der Waals surface area contributed by atoms with E-state index in [0.717, 1.165) is 0 Å². The lowest BCUT2D eigenvalue weighted by Crippen LogP contribution is -2.07. The zero-order chi connectivity index (χ0) is 15.0. The van der Waals surface area contributed by atoms with E-state index >= 15 is 0 Å². The highest BCUT2D eigenvalue weighted by atomic mass is 35.5. The van der Waals surface area contributed by atoms with Gasteiger partial charge in [-0.2, -0.15) is 0 Å².